The predicted octanol–water partition coefficient (Wildman–Crippen LogP) is 14.5. The molecule has 3 atom stereocenters. The third-order valence-electron chi connectivity index (χ3n) is 10.9. The molecule has 336 valence electrons. The summed E-state index contributed by atoms with van der Waals surface area (Å²) in [7, 11) is 0. The topological polar surface area (TPSA) is 95.9 Å². The first-order valence-electron chi connectivity index (χ1n) is 24.6. The van der Waals surface area contributed by atoms with E-state index in [1.807, 2.05) is 0 Å². The fourth-order valence-corrected chi connectivity index (χ4v) is 7.19. The van der Waals surface area contributed by atoms with Crippen LogP contribution < -0.4 is 5.32 Å². The molecule has 0 saturated heterocycles. The minimum absolute atomic E-state index is 0.0578. The summed E-state index contributed by atoms with van der Waals surface area (Å²) in [4.78, 5) is 26.1. The van der Waals surface area contributed by atoms with Crippen LogP contribution in [0.5, 0.6) is 0 Å². The van der Waals surface area contributed by atoms with Crippen LogP contribution in [-0.4, -0.2) is 46.9 Å². The minimum atomic E-state index is -0.795. The second kappa shape index (κ2) is 45.6. The second-order valence-corrected chi connectivity index (χ2v) is 16.6. The van der Waals surface area contributed by atoms with Crippen LogP contribution in [0, 0.1) is 0 Å². The van der Waals surface area contributed by atoms with Crippen LogP contribution >= 0.6 is 0 Å². The molecule has 6 nitrogen and oxygen atoms in total. The number of nitrogens with one attached hydrogen (secondary N) is 1. The summed E-state index contributed by atoms with van der Waals surface area (Å²) >= 11 is 0. The number of esters is 1. The fourth-order valence-electron chi connectivity index (χ4n) is 7.19. The number of carbonyl (C=O) groups is 2. The molecule has 0 saturated carbocycles. The Morgan fingerprint density at radius 2 is 0.931 bits per heavy atom. The van der Waals surface area contributed by atoms with Gasteiger partial charge in [-0.15, -0.1) is 0 Å². The van der Waals surface area contributed by atoms with E-state index in [-0.39, 0.29) is 24.9 Å². The number of ether oxygens (including phenoxy) is 1. The summed E-state index contributed by atoms with van der Waals surface area (Å²) < 4.78 is 5.91. The van der Waals surface area contributed by atoms with Gasteiger partial charge in [0.1, 0.15) is 6.10 Å². The summed E-state index contributed by atoms with van der Waals surface area (Å²) in [5, 5.41) is 23.7. The molecule has 0 fully saturated rings. The van der Waals surface area contributed by atoms with Gasteiger partial charge in [0.2, 0.25) is 5.91 Å². The Morgan fingerprint density at radius 3 is 1.45 bits per heavy atom. The maximum atomic E-state index is 13.2. The van der Waals surface area contributed by atoms with Crippen molar-refractivity contribution in [3.8, 4) is 0 Å². The first kappa shape index (κ1) is 55.6. The van der Waals surface area contributed by atoms with Crippen molar-refractivity contribution in [3.05, 3.63) is 60.8 Å². The Balaban J connectivity index is 4.64. The zero-order valence-corrected chi connectivity index (χ0v) is 38.2. The lowest BCUT2D eigenvalue weighted by Gasteiger charge is -2.24. The normalized spacial score (nSPS) is 13.8. The molecule has 3 N–H and O–H groups in total. The van der Waals surface area contributed by atoms with Crippen molar-refractivity contribution in [1.82, 2.24) is 5.32 Å². The zero-order valence-electron chi connectivity index (χ0n) is 38.2. The van der Waals surface area contributed by atoms with Gasteiger partial charge in [0.25, 0.3) is 0 Å². The highest BCUT2D eigenvalue weighted by atomic mass is 16.5. The highest BCUT2D eigenvalue weighted by molar-refractivity contribution is 5.77. The molecule has 0 radical (unpaired) electrons. The highest BCUT2D eigenvalue weighted by Gasteiger charge is 2.24. The van der Waals surface area contributed by atoms with Crippen LogP contribution in [0.2, 0.25) is 0 Å². The van der Waals surface area contributed by atoms with Gasteiger partial charge >= 0.3 is 5.97 Å². The average Bonchev–Trinajstić information content (AvgIpc) is 3.22. The van der Waals surface area contributed by atoms with Crippen LogP contribution in [0.15, 0.2) is 60.8 Å². The Labute approximate surface area is 358 Å². The molecule has 0 aromatic heterocycles. The van der Waals surface area contributed by atoms with Crippen molar-refractivity contribution in [2.75, 3.05) is 6.61 Å². The van der Waals surface area contributed by atoms with Crippen LogP contribution in [0.1, 0.15) is 233 Å². The second-order valence-electron chi connectivity index (χ2n) is 16.6. The molecule has 0 spiro atoms. The smallest absolute Gasteiger partial charge is 0.306 e. The molecule has 0 aliphatic rings. The van der Waals surface area contributed by atoms with Gasteiger partial charge in [-0.1, -0.05) is 210 Å². The third kappa shape index (κ3) is 40.3. The van der Waals surface area contributed by atoms with Crippen molar-refractivity contribution in [1.29, 1.82) is 0 Å². The van der Waals surface area contributed by atoms with Gasteiger partial charge in [-0.2, -0.15) is 0 Å². The van der Waals surface area contributed by atoms with Gasteiger partial charge in [-0.3, -0.25) is 9.59 Å². The molecule has 3 unspecified atom stereocenters. The van der Waals surface area contributed by atoms with Crippen LogP contribution in [-0.2, 0) is 14.3 Å². The van der Waals surface area contributed by atoms with E-state index in [4.69, 9.17) is 4.74 Å². The molecule has 58 heavy (non-hydrogen) atoms. The first-order chi connectivity index (χ1) is 28.5. The van der Waals surface area contributed by atoms with Gasteiger partial charge in [0.15, 0.2) is 0 Å². The fraction of sp³-hybridized carbons (Fsp3) is 0.769. The van der Waals surface area contributed by atoms with Crippen LogP contribution in [0.4, 0.5) is 0 Å². The van der Waals surface area contributed by atoms with E-state index in [1.54, 1.807) is 0 Å². The molecule has 0 heterocycles. The van der Waals surface area contributed by atoms with E-state index < -0.39 is 18.2 Å². The number of amides is 1. The summed E-state index contributed by atoms with van der Waals surface area (Å²) in [6.07, 6.45) is 55.6. The molecule has 0 aliphatic carbocycles. The lowest BCUT2D eigenvalue weighted by molar-refractivity contribution is -0.151. The number of allylic oxidation sites excluding steroid dienone is 10. The largest absolute Gasteiger partial charge is 0.462 e. The van der Waals surface area contributed by atoms with Crippen molar-refractivity contribution in [3.63, 3.8) is 0 Å². The van der Waals surface area contributed by atoms with Gasteiger partial charge in [0.05, 0.1) is 25.2 Å². The van der Waals surface area contributed by atoms with E-state index >= 15 is 0 Å². The van der Waals surface area contributed by atoms with Gasteiger partial charge in [-0.05, 0) is 70.6 Å². The molecule has 0 aliphatic heterocycles. The van der Waals surface area contributed by atoms with Crippen molar-refractivity contribution < 1.29 is 24.5 Å². The van der Waals surface area contributed by atoms with Gasteiger partial charge < -0.3 is 20.3 Å². The molecule has 6 heteroatoms. The van der Waals surface area contributed by atoms with Crippen molar-refractivity contribution >= 4 is 11.9 Å². The van der Waals surface area contributed by atoms with Crippen LogP contribution in [0.3, 0.4) is 0 Å². The average molecular weight is 812 g/mol. The summed E-state index contributed by atoms with van der Waals surface area (Å²) in [5.41, 5.74) is 0. The number of hydrogen-bond acceptors (Lipinski definition) is 5. The summed E-state index contributed by atoms with van der Waals surface area (Å²) in [6, 6.07) is -0.711. The number of hydrogen-bond donors (Lipinski definition) is 3. The van der Waals surface area contributed by atoms with E-state index in [0.29, 0.717) is 19.3 Å². The van der Waals surface area contributed by atoms with E-state index in [2.05, 4.69) is 86.8 Å². The quantitative estimate of drug-likeness (QED) is 0.0324. The van der Waals surface area contributed by atoms with E-state index in [1.165, 1.54) is 96.3 Å². The van der Waals surface area contributed by atoms with E-state index in [9.17, 15) is 19.8 Å². The molecule has 0 rings (SSSR count). The minimum Gasteiger partial charge on any atom is -0.462 e. The summed E-state index contributed by atoms with van der Waals surface area (Å²) in [6.45, 7) is 6.30. The maximum Gasteiger partial charge on any atom is 0.306 e. The predicted molar refractivity (Wildman–Crippen MR) is 250 cm³/mol. The third-order valence-corrected chi connectivity index (χ3v) is 10.9. The number of aliphatic hydroxyl groups excluding tert-OH is 2. The maximum absolute atomic E-state index is 13.2. The monoisotopic (exact) mass is 812 g/mol. The lowest BCUT2D eigenvalue weighted by atomic mass is 10.0. The van der Waals surface area contributed by atoms with E-state index in [0.717, 1.165) is 89.9 Å². The molecule has 0 aromatic carbocycles. The SMILES string of the molecule is CC/C=C/C=C/C=C/CCCCCCCC(CC(=O)NC(CO)C(O)CCCCCCCCCCCCC)OC(=O)CCCCCCCC/C=C/C=C/CCCCC. The van der Waals surface area contributed by atoms with Crippen LogP contribution in [0.25, 0.3) is 0 Å². The molecular weight excluding hydrogens is 719 g/mol. The molecule has 0 aromatic rings. The van der Waals surface area contributed by atoms with Gasteiger partial charge in [0, 0.05) is 6.42 Å². The van der Waals surface area contributed by atoms with Gasteiger partial charge in [-0.25, -0.2) is 0 Å². The number of aliphatic hydroxyl groups is 2. The van der Waals surface area contributed by atoms with Crippen molar-refractivity contribution in [2.45, 2.75) is 251 Å². The molecule has 1 amide bonds. The number of carbonyl (C=O) groups excluding carboxylic acids is 2. The molecule has 0 bridgehead atoms. The lowest BCUT2D eigenvalue weighted by Crippen LogP contribution is -2.46. The summed E-state index contributed by atoms with van der Waals surface area (Å²) in [5.74, 6) is -0.509. The first-order valence-corrected chi connectivity index (χ1v) is 24.6. The number of unbranched alkanes of at least 4 members (excludes halogenated alkanes) is 24. The standard InChI is InChI=1S/C52H93NO5/c1-4-7-10-13-16-19-22-24-25-27-30-33-36-39-42-45-52(57)58-48(43-40-37-34-31-29-26-23-20-17-14-11-8-5-2)46-51(56)53-49(47-54)50(55)44-41-38-35-32-28-21-18-15-12-9-6-3/h8,11,14,16-17,19-20,22-24,48-50,54-55H,4-7,9-10,12-13,15,18,21,25-47H2,1-3H3,(H,53,56)/b11-8+,17-14+,19-16+,23-20+,24-22+. The molecular formula is C52H93NO5. The zero-order chi connectivity index (χ0) is 42.4. The Kier molecular flexibility index (Phi) is 43.7. The Bertz CT molecular complexity index is 1050. The number of rotatable bonds is 43. The Hall–Kier alpha value is -2.44. The van der Waals surface area contributed by atoms with Crippen molar-refractivity contribution in [2.24, 2.45) is 0 Å². The highest BCUT2D eigenvalue weighted by Crippen LogP contribution is 2.17. The Morgan fingerprint density at radius 1 is 0.517 bits per heavy atom.